The summed E-state index contributed by atoms with van der Waals surface area (Å²) < 4.78 is 1.69. The second-order valence-electron chi connectivity index (χ2n) is 6.52. The van der Waals surface area contributed by atoms with E-state index in [1.807, 2.05) is 25.1 Å². The van der Waals surface area contributed by atoms with Crippen molar-refractivity contribution < 1.29 is 4.79 Å². The van der Waals surface area contributed by atoms with Gasteiger partial charge in [-0.1, -0.05) is 30.7 Å². The van der Waals surface area contributed by atoms with Gasteiger partial charge in [0, 0.05) is 23.7 Å². The van der Waals surface area contributed by atoms with Crippen LogP contribution in [0.3, 0.4) is 0 Å². The van der Waals surface area contributed by atoms with Crippen molar-refractivity contribution in [2.75, 3.05) is 11.9 Å². The zero-order valence-corrected chi connectivity index (χ0v) is 16.7. The second kappa shape index (κ2) is 8.89. The Bertz CT molecular complexity index is 1060. The molecule has 6 nitrogen and oxygen atoms in total. The molecule has 28 heavy (non-hydrogen) atoms. The van der Waals surface area contributed by atoms with Gasteiger partial charge in [0.1, 0.15) is 5.82 Å². The predicted octanol–water partition coefficient (Wildman–Crippen LogP) is 4.19. The number of urea groups is 1. The van der Waals surface area contributed by atoms with Crippen LogP contribution in [0.15, 0.2) is 47.3 Å². The zero-order chi connectivity index (χ0) is 20.1. The number of carbonyl (C=O) groups excluding carboxylic acids is 1. The van der Waals surface area contributed by atoms with Crippen LogP contribution in [-0.2, 0) is 13.0 Å². The van der Waals surface area contributed by atoms with Gasteiger partial charge < -0.3 is 10.6 Å². The van der Waals surface area contributed by atoms with Gasteiger partial charge in [-0.3, -0.25) is 9.36 Å². The van der Waals surface area contributed by atoms with Crippen molar-refractivity contribution in [2.45, 2.75) is 33.2 Å². The van der Waals surface area contributed by atoms with E-state index >= 15 is 0 Å². The summed E-state index contributed by atoms with van der Waals surface area (Å²) in [4.78, 5) is 29.7. The first-order chi connectivity index (χ1) is 13.5. The molecule has 0 aliphatic carbocycles. The first-order valence-corrected chi connectivity index (χ1v) is 9.72. The van der Waals surface area contributed by atoms with Crippen LogP contribution in [0.2, 0.25) is 5.02 Å². The minimum atomic E-state index is -0.309. The van der Waals surface area contributed by atoms with E-state index in [0.717, 1.165) is 17.8 Å². The molecule has 0 unspecified atom stereocenters. The molecule has 0 saturated carbocycles. The topological polar surface area (TPSA) is 76.0 Å². The average molecular weight is 399 g/mol. The van der Waals surface area contributed by atoms with Crippen LogP contribution in [0.25, 0.3) is 10.9 Å². The summed E-state index contributed by atoms with van der Waals surface area (Å²) in [5, 5.41) is 6.50. The predicted molar refractivity (Wildman–Crippen MR) is 113 cm³/mol. The van der Waals surface area contributed by atoms with E-state index in [4.69, 9.17) is 16.6 Å². The SMILES string of the molecule is CCCc1nc2ccc(NC(=O)NCC)cc2c(=O)n1Cc1cccc(Cl)c1. The highest BCUT2D eigenvalue weighted by Gasteiger charge is 2.12. The number of aromatic nitrogens is 2. The third kappa shape index (κ3) is 4.51. The molecule has 1 heterocycles. The Morgan fingerprint density at radius 3 is 2.71 bits per heavy atom. The van der Waals surface area contributed by atoms with Crippen molar-refractivity contribution in [3.05, 3.63) is 69.2 Å². The maximum absolute atomic E-state index is 13.2. The van der Waals surface area contributed by atoms with Crippen molar-refractivity contribution in [2.24, 2.45) is 0 Å². The molecule has 146 valence electrons. The lowest BCUT2D eigenvalue weighted by molar-refractivity contribution is 0.252. The number of hydrogen-bond acceptors (Lipinski definition) is 3. The minimum Gasteiger partial charge on any atom is -0.338 e. The molecular weight excluding hydrogens is 376 g/mol. The van der Waals surface area contributed by atoms with Crippen LogP contribution in [0.1, 0.15) is 31.7 Å². The fourth-order valence-corrected chi connectivity index (χ4v) is 3.29. The van der Waals surface area contributed by atoms with Crippen molar-refractivity contribution in [3.63, 3.8) is 0 Å². The average Bonchev–Trinajstić information content (AvgIpc) is 2.66. The maximum atomic E-state index is 13.2. The van der Waals surface area contributed by atoms with Crippen molar-refractivity contribution >= 4 is 34.2 Å². The smallest absolute Gasteiger partial charge is 0.319 e. The Balaban J connectivity index is 2.06. The molecule has 3 rings (SSSR count). The summed E-state index contributed by atoms with van der Waals surface area (Å²) in [7, 11) is 0. The molecule has 2 aromatic carbocycles. The molecule has 0 aliphatic heterocycles. The van der Waals surface area contributed by atoms with Gasteiger partial charge >= 0.3 is 6.03 Å². The minimum absolute atomic E-state index is 0.132. The summed E-state index contributed by atoms with van der Waals surface area (Å²) in [6, 6.07) is 12.3. The number of aryl methyl sites for hydroxylation is 1. The van der Waals surface area contributed by atoms with Gasteiger partial charge in [-0.25, -0.2) is 9.78 Å². The first kappa shape index (κ1) is 19.9. The lowest BCUT2D eigenvalue weighted by Gasteiger charge is -2.14. The molecular formula is C21H23ClN4O2. The van der Waals surface area contributed by atoms with Gasteiger partial charge in [-0.05, 0) is 49.2 Å². The fourth-order valence-electron chi connectivity index (χ4n) is 3.08. The Morgan fingerprint density at radius 2 is 2.00 bits per heavy atom. The molecule has 0 radical (unpaired) electrons. The van der Waals surface area contributed by atoms with Crippen LogP contribution in [0.5, 0.6) is 0 Å². The number of nitrogens with zero attached hydrogens (tertiary/aromatic N) is 2. The number of rotatable bonds is 6. The van der Waals surface area contributed by atoms with E-state index in [-0.39, 0.29) is 11.6 Å². The summed E-state index contributed by atoms with van der Waals surface area (Å²) in [6.45, 7) is 4.81. The Morgan fingerprint density at radius 1 is 1.18 bits per heavy atom. The van der Waals surface area contributed by atoms with Crippen molar-refractivity contribution in [1.82, 2.24) is 14.9 Å². The molecule has 0 fully saturated rings. The Kier molecular flexibility index (Phi) is 6.31. The molecule has 7 heteroatoms. The summed E-state index contributed by atoms with van der Waals surface area (Å²) in [5.41, 5.74) is 1.98. The number of anilines is 1. The van der Waals surface area contributed by atoms with E-state index in [0.29, 0.717) is 41.1 Å². The number of fused-ring (bicyclic) bond motifs is 1. The number of carbonyl (C=O) groups is 1. The zero-order valence-electron chi connectivity index (χ0n) is 16.0. The van der Waals surface area contributed by atoms with E-state index < -0.39 is 0 Å². The van der Waals surface area contributed by atoms with E-state index in [2.05, 4.69) is 17.6 Å². The molecule has 2 N–H and O–H groups in total. The molecule has 2 amide bonds. The van der Waals surface area contributed by atoms with E-state index in [1.165, 1.54) is 0 Å². The number of nitrogens with one attached hydrogen (secondary N) is 2. The summed E-state index contributed by atoms with van der Waals surface area (Å²) >= 11 is 6.09. The maximum Gasteiger partial charge on any atom is 0.319 e. The van der Waals surface area contributed by atoms with Gasteiger partial charge in [0.25, 0.3) is 5.56 Å². The van der Waals surface area contributed by atoms with Crippen molar-refractivity contribution in [3.8, 4) is 0 Å². The highest BCUT2D eigenvalue weighted by atomic mass is 35.5. The normalized spacial score (nSPS) is 10.8. The fraction of sp³-hybridized carbons (Fsp3) is 0.286. The molecule has 0 saturated heterocycles. The standard InChI is InChI=1S/C21H23ClN4O2/c1-3-6-19-25-18-10-9-16(24-21(28)23-4-2)12-17(18)20(27)26(19)13-14-7-5-8-15(22)11-14/h5,7-12H,3-4,6,13H2,1-2H3,(H2,23,24,28). The number of amides is 2. The van der Waals surface area contributed by atoms with Crippen LogP contribution in [-0.4, -0.2) is 22.1 Å². The summed E-state index contributed by atoms with van der Waals surface area (Å²) in [5.74, 6) is 0.740. The number of hydrogen-bond donors (Lipinski definition) is 2. The summed E-state index contributed by atoms with van der Waals surface area (Å²) in [6.07, 6.45) is 1.58. The Hall–Kier alpha value is -2.86. The van der Waals surface area contributed by atoms with Gasteiger partial charge in [-0.2, -0.15) is 0 Å². The highest BCUT2D eigenvalue weighted by molar-refractivity contribution is 6.30. The number of halogens is 1. The van der Waals surface area contributed by atoms with Gasteiger partial charge in [0.15, 0.2) is 0 Å². The van der Waals surface area contributed by atoms with Crippen LogP contribution in [0, 0.1) is 0 Å². The molecule has 1 aromatic heterocycles. The molecule has 0 aliphatic rings. The quantitative estimate of drug-likeness (QED) is 0.653. The lowest BCUT2D eigenvalue weighted by Crippen LogP contribution is -2.28. The monoisotopic (exact) mass is 398 g/mol. The molecule has 0 bridgehead atoms. The van der Waals surface area contributed by atoms with Gasteiger partial charge in [0.05, 0.1) is 17.4 Å². The molecule has 0 spiro atoms. The largest absolute Gasteiger partial charge is 0.338 e. The van der Waals surface area contributed by atoms with Crippen LogP contribution < -0.4 is 16.2 Å². The van der Waals surface area contributed by atoms with Gasteiger partial charge in [0.2, 0.25) is 0 Å². The van der Waals surface area contributed by atoms with E-state index in [9.17, 15) is 9.59 Å². The van der Waals surface area contributed by atoms with Crippen LogP contribution in [0.4, 0.5) is 10.5 Å². The molecule has 0 atom stereocenters. The second-order valence-corrected chi connectivity index (χ2v) is 6.95. The Labute approximate surface area is 168 Å². The van der Waals surface area contributed by atoms with Gasteiger partial charge in [-0.15, -0.1) is 0 Å². The lowest BCUT2D eigenvalue weighted by atomic mass is 10.1. The number of benzene rings is 2. The first-order valence-electron chi connectivity index (χ1n) is 9.34. The third-order valence-electron chi connectivity index (χ3n) is 4.33. The highest BCUT2D eigenvalue weighted by Crippen LogP contribution is 2.18. The third-order valence-corrected chi connectivity index (χ3v) is 4.57. The molecule has 3 aromatic rings. The van der Waals surface area contributed by atoms with Crippen LogP contribution >= 0.6 is 11.6 Å². The van der Waals surface area contributed by atoms with E-state index in [1.54, 1.807) is 28.8 Å². The van der Waals surface area contributed by atoms with Crippen molar-refractivity contribution in [1.29, 1.82) is 0 Å².